The molecule has 0 aliphatic heterocycles. The van der Waals surface area contributed by atoms with Crippen LogP contribution in [0.25, 0.3) is 0 Å². The number of hydrogen-bond donors (Lipinski definition) is 0. The van der Waals surface area contributed by atoms with Gasteiger partial charge in [0, 0.05) is 30.7 Å². The molecule has 2 aliphatic carbocycles. The zero-order chi connectivity index (χ0) is 34.0. The third-order valence-corrected chi connectivity index (χ3v) is 10.1. The van der Waals surface area contributed by atoms with Crippen LogP contribution in [0.5, 0.6) is 0 Å². The molecule has 4 rings (SSSR count). The minimum atomic E-state index is -0.122. The van der Waals surface area contributed by atoms with E-state index in [9.17, 15) is 19.2 Å². The van der Waals surface area contributed by atoms with E-state index in [0.29, 0.717) is 25.7 Å². The van der Waals surface area contributed by atoms with E-state index in [-0.39, 0.29) is 53.2 Å². The zero-order valence-electron chi connectivity index (χ0n) is 30.2. The molecule has 2 aromatic carbocycles. The quantitative estimate of drug-likeness (QED) is 0.184. The lowest BCUT2D eigenvalue weighted by atomic mass is 9.70. The Kier molecular flexibility index (Phi) is 14.6. The minimum Gasteiger partial charge on any atom is -0.300 e. The predicted octanol–water partition coefficient (Wildman–Crippen LogP) is 9.89. The van der Waals surface area contributed by atoms with E-state index in [1.54, 1.807) is 0 Å². The van der Waals surface area contributed by atoms with Gasteiger partial charge in [-0.05, 0) is 115 Å². The minimum absolute atomic E-state index is 0.0143. The standard InChI is InChI=1S/C39H52O4.C3H8/c1-7-10-32(34(8-2)37(42)17-25(5)40)19-28-21-36-35(24(3)4)23-30(26(6)39(36)38(43)22-28)15-16-33(41)20-27-13-14-29-11-9-12-31(29)18-27;1-3-2/h13-14,18,23-24,28,32,34H,7-12,15-17,19-22H2,1-6H3;3H2,1-2H3. The van der Waals surface area contributed by atoms with Crippen LogP contribution in [-0.2, 0) is 46.5 Å². The number of benzene rings is 2. The number of Topliss-reactive ketones (excluding diaryl/α,β-unsaturated/α-hetero) is 4. The van der Waals surface area contributed by atoms with E-state index in [1.807, 2.05) is 6.92 Å². The van der Waals surface area contributed by atoms with Crippen molar-refractivity contribution in [1.29, 1.82) is 0 Å². The topological polar surface area (TPSA) is 68.3 Å². The van der Waals surface area contributed by atoms with Crippen molar-refractivity contribution < 1.29 is 19.2 Å². The monoisotopic (exact) mass is 628 g/mol. The van der Waals surface area contributed by atoms with Crippen molar-refractivity contribution in [2.24, 2.45) is 17.8 Å². The van der Waals surface area contributed by atoms with E-state index in [0.717, 1.165) is 67.2 Å². The Bertz CT molecular complexity index is 1380. The van der Waals surface area contributed by atoms with Crippen molar-refractivity contribution in [1.82, 2.24) is 0 Å². The predicted molar refractivity (Wildman–Crippen MR) is 190 cm³/mol. The molecule has 0 N–H and O–H groups in total. The van der Waals surface area contributed by atoms with Crippen LogP contribution in [0.4, 0.5) is 0 Å². The van der Waals surface area contributed by atoms with Crippen LogP contribution in [0.1, 0.15) is 161 Å². The highest BCUT2D eigenvalue weighted by molar-refractivity contribution is 6.01. The molecule has 4 heteroatoms. The molecule has 3 unspecified atom stereocenters. The molecule has 0 aromatic heterocycles. The number of fused-ring (bicyclic) bond motifs is 2. The van der Waals surface area contributed by atoms with Gasteiger partial charge < -0.3 is 0 Å². The van der Waals surface area contributed by atoms with Gasteiger partial charge in [0.25, 0.3) is 0 Å². The van der Waals surface area contributed by atoms with Gasteiger partial charge in [-0.1, -0.05) is 85.1 Å². The molecule has 0 heterocycles. The Balaban J connectivity index is 0.00000185. The summed E-state index contributed by atoms with van der Waals surface area (Å²) in [5.74, 6) is 0.989. The first-order chi connectivity index (χ1) is 21.9. The fourth-order valence-corrected chi connectivity index (χ4v) is 7.99. The maximum atomic E-state index is 13.8. The zero-order valence-corrected chi connectivity index (χ0v) is 30.2. The van der Waals surface area contributed by atoms with Crippen LogP contribution < -0.4 is 0 Å². The SMILES string of the molecule is CCC.CCCC(CC1CC(=O)c2c(C)c(CCC(=O)Cc3ccc4c(c3)CCC4)cc(C(C)C)c2C1)C(CC)C(=O)CC(C)=O. The lowest BCUT2D eigenvalue weighted by Gasteiger charge is -2.33. The fraction of sp³-hybridized carbons (Fsp3) is 0.619. The summed E-state index contributed by atoms with van der Waals surface area (Å²) in [6.07, 6.45) is 11.2. The van der Waals surface area contributed by atoms with Gasteiger partial charge in [-0.3, -0.25) is 19.2 Å². The van der Waals surface area contributed by atoms with Gasteiger partial charge in [0.15, 0.2) is 5.78 Å². The summed E-state index contributed by atoms with van der Waals surface area (Å²) in [6, 6.07) is 8.81. The molecular formula is C42H60O4. The molecule has 252 valence electrons. The van der Waals surface area contributed by atoms with Crippen LogP contribution in [0.3, 0.4) is 0 Å². The maximum Gasteiger partial charge on any atom is 0.163 e. The van der Waals surface area contributed by atoms with Crippen LogP contribution in [0.15, 0.2) is 24.3 Å². The van der Waals surface area contributed by atoms with Gasteiger partial charge in [0.1, 0.15) is 17.3 Å². The molecule has 3 atom stereocenters. The van der Waals surface area contributed by atoms with E-state index in [2.05, 4.69) is 65.8 Å². The van der Waals surface area contributed by atoms with E-state index in [4.69, 9.17) is 0 Å². The third kappa shape index (κ3) is 9.81. The van der Waals surface area contributed by atoms with Gasteiger partial charge >= 0.3 is 0 Å². The molecule has 0 bridgehead atoms. The molecule has 4 nitrogen and oxygen atoms in total. The second-order valence-electron chi connectivity index (χ2n) is 14.5. The average Bonchev–Trinajstić information content (AvgIpc) is 3.45. The highest BCUT2D eigenvalue weighted by atomic mass is 16.1. The van der Waals surface area contributed by atoms with E-state index >= 15 is 0 Å². The number of carbonyl (C=O) groups is 4. The summed E-state index contributed by atoms with van der Waals surface area (Å²) in [6.45, 7) is 16.4. The Morgan fingerprint density at radius 1 is 0.957 bits per heavy atom. The van der Waals surface area contributed by atoms with Crippen molar-refractivity contribution in [3.8, 4) is 0 Å². The van der Waals surface area contributed by atoms with Gasteiger partial charge in [-0.2, -0.15) is 0 Å². The molecule has 0 spiro atoms. The fourth-order valence-electron chi connectivity index (χ4n) is 7.99. The first-order valence-corrected chi connectivity index (χ1v) is 18.3. The van der Waals surface area contributed by atoms with Gasteiger partial charge in [-0.15, -0.1) is 0 Å². The van der Waals surface area contributed by atoms with Crippen molar-refractivity contribution in [2.45, 2.75) is 151 Å². The largest absolute Gasteiger partial charge is 0.300 e. The summed E-state index contributed by atoms with van der Waals surface area (Å²) in [7, 11) is 0. The Labute approximate surface area is 279 Å². The Morgan fingerprint density at radius 2 is 1.65 bits per heavy atom. The van der Waals surface area contributed by atoms with Crippen molar-refractivity contribution in [2.75, 3.05) is 0 Å². The van der Waals surface area contributed by atoms with Crippen LogP contribution >= 0.6 is 0 Å². The van der Waals surface area contributed by atoms with Crippen molar-refractivity contribution in [3.63, 3.8) is 0 Å². The summed E-state index contributed by atoms with van der Waals surface area (Å²) in [4.78, 5) is 51.5. The molecule has 2 aromatic rings. The first-order valence-electron chi connectivity index (χ1n) is 18.3. The summed E-state index contributed by atoms with van der Waals surface area (Å²) in [5.41, 5.74) is 9.42. The highest BCUT2D eigenvalue weighted by Crippen LogP contribution is 2.40. The first kappa shape index (κ1) is 37.6. The second-order valence-corrected chi connectivity index (χ2v) is 14.5. The van der Waals surface area contributed by atoms with E-state index < -0.39 is 0 Å². The average molecular weight is 629 g/mol. The van der Waals surface area contributed by atoms with Gasteiger partial charge in [0.2, 0.25) is 0 Å². The molecule has 0 fully saturated rings. The normalized spacial score (nSPS) is 16.7. The smallest absolute Gasteiger partial charge is 0.163 e. The number of ketones is 4. The van der Waals surface area contributed by atoms with Crippen molar-refractivity contribution >= 4 is 23.1 Å². The number of carbonyl (C=O) groups excluding carboxylic acids is 4. The van der Waals surface area contributed by atoms with Gasteiger partial charge in [-0.25, -0.2) is 0 Å². The Morgan fingerprint density at radius 3 is 2.28 bits per heavy atom. The number of rotatable bonds is 15. The highest BCUT2D eigenvalue weighted by Gasteiger charge is 2.34. The molecule has 2 aliphatic rings. The lowest BCUT2D eigenvalue weighted by Crippen LogP contribution is -2.30. The molecule has 0 amide bonds. The lowest BCUT2D eigenvalue weighted by molar-refractivity contribution is -0.130. The van der Waals surface area contributed by atoms with Crippen molar-refractivity contribution in [3.05, 3.63) is 68.8 Å². The van der Waals surface area contributed by atoms with Crippen LogP contribution in [-0.4, -0.2) is 23.1 Å². The second kappa shape index (κ2) is 17.9. The summed E-state index contributed by atoms with van der Waals surface area (Å²) >= 11 is 0. The molecule has 0 saturated heterocycles. The molecule has 0 radical (unpaired) electrons. The summed E-state index contributed by atoms with van der Waals surface area (Å²) < 4.78 is 0. The number of hydrogen-bond acceptors (Lipinski definition) is 4. The maximum absolute atomic E-state index is 13.8. The molecule has 46 heavy (non-hydrogen) atoms. The van der Waals surface area contributed by atoms with Crippen LogP contribution in [0, 0.1) is 24.7 Å². The Hall–Kier alpha value is -2.88. The molecule has 0 saturated carbocycles. The third-order valence-electron chi connectivity index (χ3n) is 10.1. The van der Waals surface area contributed by atoms with E-state index in [1.165, 1.54) is 42.0 Å². The number of aryl methyl sites for hydroxylation is 3. The summed E-state index contributed by atoms with van der Waals surface area (Å²) in [5, 5.41) is 0. The van der Waals surface area contributed by atoms with Gasteiger partial charge in [0.05, 0.1) is 6.42 Å². The van der Waals surface area contributed by atoms with Crippen LogP contribution in [0.2, 0.25) is 0 Å². The molecular weight excluding hydrogens is 568 g/mol.